The van der Waals surface area contributed by atoms with E-state index in [2.05, 4.69) is 9.97 Å². The minimum atomic E-state index is -0.969. The molecule has 5 nitrogen and oxygen atoms in total. The van der Waals surface area contributed by atoms with Gasteiger partial charge < -0.3 is 5.11 Å². The van der Waals surface area contributed by atoms with Gasteiger partial charge in [0, 0.05) is 31.6 Å². The van der Waals surface area contributed by atoms with E-state index in [0.29, 0.717) is 18.5 Å². The van der Waals surface area contributed by atoms with E-state index in [9.17, 15) is 14.3 Å². The van der Waals surface area contributed by atoms with Gasteiger partial charge in [-0.25, -0.2) is 4.39 Å². The number of hydrogen-bond donors (Lipinski definition) is 1. The third kappa shape index (κ3) is 4.06. The monoisotopic (exact) mass is 289 g/mol. The molecule has 21 heavy (non-hydrogen) atoms. The van der Waals surface area contributed by atoms with E-state index >= 15 is 0 Å². The summed E-state index contributed by atoms with van der Waals surface area (Å²) in [5.74, 6) is -1.35. The molecule has 0 amide bonds. The minimum Gasteiger partial charge on any atom is -0.480 e. The third-order valence-electron chi connectivity index (χ3n) is 3.20. The number of nitrogens with zero attached hydrogens (tertiary/aromatic N) is 3. The number of carboxylic acids is 1. The van der Waals surface area contributed by atoms with Crippen LogP contribution in [0.2, 0.25) is 0 Å². The van der Waals surface area contributed by atoms with Gasteiger partial charge >= 0.3 is 5.97 Å². The molecule has 110 valence electrons. The molecule has 0 aliphatic rings. The van der Waals surface area contributed by atoms with Gasteiger partial charge in [0.25, 0.3) is 0 Å². The van der Waals surface area contributed by atoms with Crippen LogP contribution in [0.3, 0.4) is 0 Å². The van der Waals surface area contributed by atoms with E-state index in [-0.39, 0.29) is 5.82 Å². The number of carboxylic acid groups (broad SMARTS) is 1. The lowest BCUT2D eigenvalue weighted by Crippen LogP contribution is -2.32. The van der Waals surface area contributed by atoms with Crippen molar-refractivity contribution in [3.8, 4) is 0 Å². The van der Waals surface area contributed by atoms with Gasteiger partial charge in [-0.15, -0.1) is 0 Å². The van der Waals surface area contributed by atoms with Gasteiger partial charge in [0.05, 0.1) is 5.69 Å². The van der Waals surface area contributed by atoms with Crippen LogP contribution in [0.4, 0.5) is 4.39 Å². The number of aromatic nitrogens is 2. The van der Waals surface area contributed by atoms with Crippen molar-refractivity contribution in [2.45, 2.75) is 12.5 Å². The Bertz CT molecular complexity index is 590. The van der Waals surface area contributed by atoms with Crippen LogP contribution in [0.1, 0.15) is 17.3 Å². The van der Waals surface area contributed by atoms with E-state index in [1.807, 2.05) is 0 Å². The Hall–Kier alpha value is -2.34. The van der Waals surface area contributed by atoms with E-state index in [4.69, 9.17) is 0 Å². The molecule has 1 aromatic carbocycles. The van der Waals surface area contributed by atoms with Crippen molar-refractivity contribution in [2.75, 3.05) is 13.6 Å². The number of likely N-dealkylation sites (N-methyl/N-ethyl adjacent to an activating group) is 1. The number of benzene rings is 1. The lowest BCUT2D eigenvalue weighted by molar-refractivity contribution is -0.143. The standard InChI is InChI=1S/C15H16FN3O2/c1-19(9-6-13-10-17-7-8-18-13)14(15(20)21)11-2-4-12(16)5-3-11/h2-5,7-8,10,14H,6,9H2,1H3,(H,20,21). The topological polar surface area (TPSA) is 66.3 Å². The van der Waals surface area contributed by atoms with Crippen molar-refractivity contribution in [1.82, 2.24) is 14.9 Å². The van der Waals surface area contributed by atoms with E-state index in [0.717, 1.165) is 5.69 Å². The van der Waals surface area contributed by atoms with Crippen molar-refractivity contribution in [2.24, 2.45) is 0 Å². The molecule has 0 spiro atoms. The predicted molar refractivity (Wildman–Crippen MR) is 75.1 cm³/mol. The van der Waals surface area contributed by atoms with Gasteiger partial charge in [-0.1, -0.05) is 12.1 Å². The normalized spacial score (nSPS) is 12.3. The summed E-state index contributed by atoms with van der Waals surface area (Å²) in [6.45, 7) is 0.507. The first-order valence-electron chi connectivity index (χ1n) is 6.51. The molecule has 2 rings (SSSR count). The largest absolute Gasteiger partial charge is 0.480 e. The Balaban J connectivity index is 2.07. The van der Waals surface area contributed by atoms with Gasteiger partial charge in [0.15, 0.2) is 0 Å². The maximum absolute atomic E-state index is 12.9. The molecule has 1 atom stereocenters. The highest BCUT2D eigenvalue weighted by Gasteiger charge is 2.24. The Morgan fingerprint density at radius 3 is 2.62 bits per heavy atom. The molecule has 1 unspecified atom stereocenters. The van der Waals surface area contributed by atoms with Gasteiger partial charge in [-0.2, -0.15) is 0 Å². The van der Waals surface area contributed by atoms with Crippen LogP contribution in [-0.4, -0.2) is 39.5 Å². The summed E-state index contributed by atoms with van der Waals surface area (Å²) >= 11 is 0. The zero-order chi connectivity index (χ0) is 15.2. The molecule has 0 saturated carbocycles. The van der Waals surface area contributed by atoms with Crippen molar-refractivity contribution >= 4 is 5.97 Å². The molecule has 0 aliphatic heterocycles. The Morgan fingerprint density at radius 2 is 2.05 bits per heavy atom. The summed E-state index contributed by atoms with van der Waals surface area (Å²) in [5, 5.41) is 9.40. The first kappa shape index (κ1) is 15.1. The first-order chi connectivity index (χ1) is 10.1. The van der Waals surface area contributed by atoms with Gasteiger partial charge in [-0.05, 0) is 24.7 Å². The predicted octanol–water partition coefficient (Wildman–Crippen LogP) is 1.92. The van der Waals surface area contributed by atoms with E-state index in [1.165, 1.54) is 24.3 Å². The zero-order valence-electron chi connectivity index (χ0n) is 11.6. The molecular formula is C15H16FN3O2. The van der Waals surface area contributed by atoms with Gasteiger partial charge in [0.2, 0.25) is 0 Å². The van der Waals surface area contributed by atoms with Crippen LogP contribution < -0.4 is 0 Å². The van der Waals surface area contributed by atoms with E-state index in [1.54, 1.807) is 30.5 Å². The molecule has 6 heteroatoms. The summed E-state index contributed by atoms with van der Waals surface area (Å²) in [6, 6.07) is 4.70. The summed E-state index contributed by atoms with van der Waals surface area (Å²) in [7, 11) is 1.72. The Labute approximate surface area is 122 Å². The van der Waals surface area contributed by atoms with Crippen LogP contribution in [0.5, 0.6) is 0 Å². The highest BCUT2D eigenvalue weighted by molar-refractivity contribution is 5.75. The van der Waals surface area contributed by atoms with E-state index < -0.39 is 12.0 Å². The molecule has 1 aromatic heterocycles. The summed E-state index contributed by atoms with van der Waals surface area (Å²) in [4.78, 5) is 21.3. The molecule has 2 aromatic rings. The lowest BCUT2D eigenvalue weighted by atomic mass is 10.1. The number of hydrogen-bond acceptors (Lipinski definition) is 4. The maximum atomic E-state index is 12.9. The summed E-state index contributed by atoms with van der Waals surface area (Å²) < 4.78 is 12.9. The summed E-state index contributed by atoms with van der Waals surface area (Å²) in [5.41, 5.74) is 1.35. The second kappa shape index (κ2) is 6.90. The fourth-order valence-corrected chi connectivity index (χ4v) is 2.11. The zero-order valence-corrected chi connectivity index (χ0v) is 11.6. The number of carbonyl (C=O) groups is 1. The fourth-order valence-electron chi connectivity index (χ4n) is 2.11. The Kier molecular flexibility index (Phi) is 4.94. The average molecular weight is 289 g/mol. The molecule has 1 heterocycles. The first-order valence-corrected chi connectivity index (χ1v) is 6.51. The van der Waals surface area contributed by atoms with Crippen LogP contribution in [0.25, 0.3) is 0 Å². The molecule has 0 aliphatic carbocycles. The smallest absolute Gasteiger partial charge is 0.325 e. The molecule has 0 fully saturated rings. The summed E-state index contributed by atoms with van der Waals surface area (Å²) in [6.07, 6.45) is 5.44. The molecule has 0 bridgehead atoms. The highest BCUT2D eigenvalue weighted by atomic mass is 19.1. The van der Waals surface area contributed by atoms with Gasteiger partial charge in [-0.3, -0.25) is 19.7 Å². The molecular weight excluding hydrogens is 273 g/mol. The third-order valence-corrected chi connectivity index (χ3v) is 3.20. The second-order valence-electron chi connectivity index (χ2n) is 4.72. The molecule has 0 radical (unpaired) electrons. The minimum absolute atomic E-state index is 0.384. The number of rotatable bonds is 6. The van der Waals surface area contributed by atoms with Crippen molar-refractivity contribution in [3.63, 3.8) is 0 Å². The Morgan fingerprint density at radius 1 is 1.33 bits per heavy atom. The quantitative estimate of drug-likeness (QED) is 0.880. The highest BCUT2D eigenvalue weighted by Crippen LogP contribution is 2.20. The van der Waals surface area contributed by atoms with Crippen LogP contribution in [0.15, 0.2) is 42.9 Å². The molecule has 0 saturated heterocycles. The van der Waals surface area contributed by atoms with Crippen LogP contribution in [0, 0.1) is 5.82 Å². The number of halogens is 1. The fraction of sp³-hybridized carbons (Fsp3) is 0.267. The van der Waals surface area contributed by atoms with Crippen molar-refractivity contribution in [1.29, 1.82) is 0 Å². The van der Waals surface area contributed by atoms with Gasteiger partial charge in [0.1, 0.15) is 11.9 Å². The van der Waals surface area contributed by atoms with Crippen LogP contribution in [-0.2, 0) is 11.2 Å². The van der Waals surface area contributed by atoms with Crippen molar-refractivity contribution in [3.05, 3.63) is 59.9 Å². The van der Waals surface area contributed by atoms with Crippen LogP contribution >= 0.6 is 0 Å². The SMILES string of the molecule is CN(CCc1cnccn1)C(C(=O)O)c1ccc(F)cc1. The second-order valence-corrected chi connectivity index (χ2v) is 4.72. The average Bonchev–Trinajstić information content (AvgIpc) is 2.48. The lowest BCUT2D eigenvalue weighted by Gasteiger charge is -2.24. The molecule has 1 N–H and O–H groups in total. The maximum Gasteiger partial charge on any atom is 0.325 e. The number of aliphatic carboxylic acids is 1. The van der Waals surface area contributed by atoms with Crippen molar-refractivity contribution < 1.29 is 14.3 Å².